The van der Waals surface area contributed by atoms with Gasteiger partial charge in [-0.25, -0.2) is 0 Å². The third-order valence-corrected chi connectivity index (χ3v) is 5.36. The van der Waals surface area contributed by atoms with Crippen LogP contribution < -0.4 is 5.73 Å². The summed E-state index contributed by atoms with van der Waals surface area (Å²) in [5.74, 6) is -0.192. The Morgan fingerprint density at radius 1 is 0.800 bits per heavy atom. The number of hydrogen-bond donors (Lipinski definition) is 1. The van der Waals surface area contributed by atoms with Gasteiger partial charge in [0.2, 0.25) is 11.8 Å². The lowest BCUT2D eigenvalue weighted by Crippen LogP contribution is -2.47. The molecule has 6 heteroatoms. The standard InChI is InChI=1S/C19H25N3O3/c20-17(23)14-6-10-21(11-7-14)19(25)16-8-12-22(13-9-16)18(24)15-4-2-1-3-5-15/h1-5,14,16H,6-13H2,(H2,20,23). The van der Waals surface area contributed by atoms with Gasteiger partial charge in [0.1, 0.15) is 0 Å². The Balaban J connectivity index is 1.50. The maximum absolute atomic E-state index is 12.7. The fourth-order valence-corrected chi connectivity index (χ4v) is 3.74. The van der Waals surface area contributed by atoms with E-state index in [1.807, 2.05) is 40.1 Å². The molecule has 2 aliphatic heterocycles. The van der Waals surface area contributed by atoms with E-state index in [2.05, 4.69) is 0 Å². The Hall–Kier alpha value is -2.37. The van der Waals surface area contributed by atoms with Crippen LogP contribution in [-0.4, -0.2) is 53.7 Å². The van der Waals surface area contributed by atoms with Gasteiger partial charge in [0, 0.05) is 43.6 Å². The summed E-state index contributed by atoms with van der Waals surface area (Å²) in [7, 11) is 0. The van der Waals surface area contributed by atoms with E-state index < -0.39 is 0 Å². The summed E-state index contributed by atoms with van der Waals surface area (Å²) in [6.07, 6.45) is 2.72. The molecule has 2 N–H and O–H groups in total. The first-order valence-corrected chi connectivity index (χ1v) is 8.98. The zero-order chi connectivity index (χ0) is 17.8. The number of piperidine rings is 2. The van der Waals surface area contributed by atoms with Crippen LogP contribution in [-0.2, 0) is 9.59 Å². The van der Waals surface area contributed by atoms with E-state index in [0.717, 1.165) is 0 Å². The number of carbonyl (C=O) groups excluding carboxylic acids is 3. The summed E-state index contributed by atoms with van der Waals surface area (Å²) in [5.41, 5.74) is 6.04. The zero-order valence-corrected chi connectivity index (χ0v) is 14.4. The maximum Gasteiger partial charge on any atom is 0.253 e. The Kier molecular flexibility index (Phi) is 5.36. The minimum absolute atomic E-state index is 0.0232. The van der Waals surface area contributed by atoms with Crippen LogP contribution in [0.25, 0.3) is 0 Å². The summed E-state index contributed by atoms with van der Waals surface area (Å²) in [5, 5.41) is 0. The Labute approximate surface area is 148 Å². The molecule has 6 nitrogen and oxygen atoms in total. The largest absolute Gasteiger partial charge is 0.369 e. The van der Waals surface area contributed by atoms with Crippen molar-refractivity contribution >= 4 is 17.7 Å². The van der Waals surface area contributed by atoms with Gasteiger partial charge in [0.15, 0.2) is 0 Å². The summed E-state index contributed by atoms with van der Waals surface area (Å²) >= 11 is 0. The molecule has 25 heavy (non-hydrogen) atoms. The first-order valence-electron chi connectivity index (χ1n) is 8.98. The van der Waals surface area contributed by atoms with E-state index in [4.69, 9.17) is 5.73 Å². The van der Waals surface area contributed by atoms with Gasteiger partial charge in [-0.15, -0.1) is 0 Å². The number of amides is 3. The van der Waals surface area contributed by atoms with Crippen molar-refractivity contribution in [3.63, 3.8) is 0 Å². The minimum Gasteiger partial charge on any atom is -0.369 e. The van der Waals surface area contributed by atoms with Crippen molar-refractivity contribution in [1.29, 1.82) is 0 Å². The number of hydrogen-bond acceptors (Lipinski definition) is 3. The fourth-order valence-electron chi connectivity index (χ4n) is 3.74. The summed E-state index contributed by atoms with van der Waals surface area (Å²) in [6, 6.07) is 9.26. The van der Waals surface area contributed by atoms with Crippen LogP contribution in [0.4, 0.5) is 0 Å². The summed E-state index contributed by atoms with van der Waals surface area (Å²) in [6.45, 7) is 2.44. The molecule has 0 spiro atoms. The highest BCUT2D eigenvalue weighted by Crippen LogP contribution is 2.24. The van der Waals surface area contributed by atoms with Crippen LogP contribution >= 0.6 is 0 Å². The van der Waals surface area contributed by atoms with Gasteiger partial charge in [0.05, 0.1) is 0 Å². The first kappa shape index (κ1) is 17.5. The highest BCUT2D eigenvalue weighted by molar-refractivity contribution is 5.94. The Morgan fingerprint density at radius 3 is 1.88 bits per heavy atom. The third-order valence-electron chi connectivity index (χ3n) is 5.36. The Morgan fingerprint density at radius 2 is 1.32 bits per heavy atom. The molecule has 0 atom stereocenters. The molecule has 3 amide bonds. The second kappa shape index (κ2) is 7.68. The van der Waals surface area contributed by atoms with Crippen LogP contribution in [0.3, 0.4) is 0 Å². The van der Waals surface area contributed by atoms with Gasteiger partial charge >= 0.3 is 0 Å². The minimum atomic E-state index is -0.264. The lowest BCUT2D eigenvalue weighted by Gasteiger charge is -2.36. The number of nitrogens with zero attached hydrogens (tertiary/aromatic N) is 2. The number of benzene rings is 1. The molecule has 2 saturated heterocycles. The van der Waals surface area contributed by atoms with Crippen molar-refractivity contribution in [3.05, 3.63) is 35.9 Å². The molecule has 0 unspecified atom stereocenters. The SMILES string of the molecule is NC(=O)C1CCN(C(=O)C2CCN(C(=O)c3ccccc3)CC2)CC1. The van der Waals surface area contributed by atoms with Crippen LogP contribution in [0.15, 0.2) is 30.3 Å². The molecule has 2 heterocycles. The van der Waals surface area contributed by atoms with Crippen molar-refractivity contribution in [2.24, 2.45) is 17.6 Å². The van der Waals surface area contributed by atoms with Crippen molar-refractivity contribution in [1.82, 2.24) is 9.80 Å². The average Bonchev–Trinajstić information content (AvgIpc) is 2.67. The molecule has 1 aromatic carbocycles. The van der Waals surface area contributed by atoms with Crippen LogP contribution in [0.5, 0.6) is 0 Å². The van der Waals surface area contributed by atoms with E-state index in [1.54, 1.807) is 0 Å². The highest BCUT2D eigenvalue weighted by atomic mass is 16.2. The van der Waals surface area contributed by atoms with Crippen molar-refractivity contribution in [2.45, 2.75) is 25.7 Å². The monoisotopic (exact) mass is 343 g/mol. The topological polar surface area (TPSA) is 83.7 Å². The number of nitrogens with two attached hydrogens (primary N) is 1. The van der Waals surface area contributed by atoms with Gasteiger partial charge in [-0.05, 0) is 37.8 Å². The molecule has 0 aliphatic carbocycles. The van der Waals surface area contributed by atoms with E-state index in [1.165, 1.54) is 0 Å². The first-order chi connectivity index (χ1) is 12.1. The van der Waals surface area contributed by atoms with E-state index in [9.17, 15) is 14.4 Å². The van der Waals surface area contributed by atoms with Crippen molar-refractivity contribution < 1.29 is 14.4 Å². The molecular weight excluding hydrogens is 318 g/mol. The summed E-state index contributed by atoms with van der Waals surface area (Å²) < 4.78 is 0. The van der Waals surface area contributed by atoms with Crippen LogP contribution in [0, 0.1) is 11.8 Å². The number of primary amides is 1. The van der Waals surface area contributed by atoms with Crippen LogP contribution in [0.1, 0.15) is 36.0 Å². The van der Waals surface area contributed by atoms with Gasteiger partial charge in [-0.1, -0.05) is 18.2 Å². The quantitative estimate of drug-likeness (QED) is 0.897. The zero-order valence-electron chi connectivity index (χ0n) is 14.4. The molecule has 0 saturated carbocycles. The molecule has 2 fully saturated rings. The molecule has 134 valence electrons. The van der Waals surface area contributed by atoms with Gasteiger partial charge < -0.3 is 15.5 Å². The second-order valence-corrected chi connectivity index (χ2v) is 6.93. The van der Waals surface area contributed by atoms with E-state index in [-0.39, 0.29) is 29.6 Å². The normalized spacial score (nSPS) is 19.7. The smallest absolute Gasteiger partial charge is 0.253 e. The second-order valence-electron chi connectivity index (χ2n) is 6.93. The van der Waals surface area contributed by atoms with Crippen LogP contribution in [0.2, 0.25) is 0 Å². The van der Waals surface area contributed by atoms with Gasteiger partial charge in [-0.3, -0.25) is 14.4 Å². The lowest BCUT2D eigenvalue weighted by molar-refractivity contribution is -0.139. The van der Waals surface area contributed by atoms with Crippen molar-refractivity contribution in [2.75, 3.05) is 26.2 Å². The Bertz CT molecular complexity index is 631. The molecular formula is C19H25N3O3. The molecule has 0 aromatic heterocycles. The predicted octanol–water partition coefficient (Wildman–Crippen LogP) is 1.26. The summed E-state index contributed by atoms with van der Waals surface area (Å²) in [4.78, 5) is 40.1. The van der Waals surface area contributed by atoms with Gasteiger partial charge in [0.25, 0.3) is 5.91 Å². The maximum atomic E-state index is 12.7. The van der Waals surface area contributed by atoms with Gasteiger partial charge in [-0.2, -0.15) is 0 Å². The van der Waals surface area contributed by atoms with E-state index in [0.29, 0.717) is 57.4 Å². The number of carbonyl (C=O) groups is 3. The predicted molar refractivity (Wildman–Crippen MR) is 93.6 cm³/mol. The molecule has 2 aliphatic rings. The molecule has 1 aromatic rings. The van der Waals surface area contributed by atoms with Crippen molar-refractivity contribution in [3.8, 4) is 0 Å². The molecule has 0 radical (unpaired) electrons. The average molecular weight is 343 g/mol. The lowest BCUT2D eigenvalue weighted by atomic mass is 9.91. The third kappa shape index (κ3) is 4.00. The number of rotatable bonds is 3. The fraction of sp³-hybridized carbons (Fsp3) is 0.526. The molecule has 3 rings (SSSR count). The number of likely N-dealkylation sites (tertiary alicyclic amines) is 2. The molecule has 0 bridgehead atoms. The highest BCUT2D eigenvalue weighted by Gasteiger charge is 2.33. The van der Waals surface area contributed by atoms with E-state index >= 15 is 0 Å².